The van der Waals surface area contributed by atoms with Gasteiger partial charge >= 0.3 is 5.69 Å². The normalized spacial score (nSPS) is 10.6. The summed E-state index contributed by atoms with van der Waals surface area (Å²) in [6, 6.07) is 3.61. The van der Waals surface area contributed by atoms with Gasteiger partial charge in [-0.25, -0.2) is 9.78 Å². The highest BCUT2D eigenvalue weighted by atomic mass is 16.1. The van der Waals surface area contributed by atoms with Crippen LogP contribution in [0, 0.1) is 0 Å². The average molecular weight is 149 g/mol. The molecule has 1 N–H and O–H groups in total. The van der Waals surface area contributed by atoms with Gasteiger partial charge in [0, 0.05) is 13.2 Å². The van der Waals surface area contributed by atoms with Crippen molar-refractivity contribution < 1.29 is 0 Å². The van der Waals surface area contributed by atoms with Crippen molar-refractivity contribution in [2.24, 2.45) is 7.05 Å². The van der Waals surface area contributed by atoms with E-state index in [-0.39, 0.29) is 5.69 Å². The number of aromatic nitrogens is 3. The summed E-state index contributed by atoms with van der Waals surface area (Å²) < 4.78 is 1.48. The number of H-pyrrole nitrogens is 1. The molecule has 0 aliphatic rings. The molecule has 0 saturated heterocycles. The molecule has 0 radical (unpaired) electrons. The van der Waals surface area contributed by atoms with Crippen LogP contribution in [0.15, 0.2) is 23.1 Å². The molecule has 11 heavy (non-hydrogen) atoms. The highest BCUT2D eigenvalue weighted by Gasteiger charge is 2.00. The second-order valence-electron chi connectivity index (χ2n) is 2.36. The van der Waals surface area contributed by atoms with Crippen molar-refractivity contribution in [2.45, 2.75) is 0 Å². The van der Waals surface area contributed by atoms with Gasteiger partial charge in [-0.2, -0.15) is 0 Å². The van der Waals surface area contributed by atoms with Crippen LogP contribution in [0.3, 0.4) is 0 Å². The van der Waals surface area contributed by atoms with Gasteiger partial charge in [-0.3, -0.25) is 4.57 Å². The van der Waals surface area contributed by atoms with Crippen LogP contribution in [0.5, 0.6) is 0 Å². The maximum atomic E-state index is 11.0. The van der Waals surface area contributed by atoms with Crippen molar-refractivity contribution in [1.29, 1.82) is 0 Å². The van der Waals surface area contributed by atoms with Gasteiger partial charge in [-0.15, -0.1) is 0 Å². The number of nitrogens with one attached hydrogen (secondary N) is 1. The molecule has 2 heterocycles. The summed E-state index contributed by atoms with van der Waals surface area (Å²) in [5.74, 6) is 0. The third-order valence-corrected chi connectivity index (χ3v) is 1.65. The minimum Gasteiger partial charge on any atom is -0.304 e. The molecule has 0 fully saturated rings. The fraction of sp³-hybridized carbons (Fsp3) is 0.143. The van der Waals surface area contributed by atoms with Crippen LogP contribution >= 0.6 is 0 Å². The molecular weight excluding hydrogens is 142 g/mol. The van der Waals surface area contributed by atoms with Gasteiger partial charge in [0.25, 0.3) is 0 Å². The largest absolute Gasteiger partial charge is 0.327 e. The Hall–Kier alpha value is -1.58. The first kappa shape index (κ1) is 6.15. The summed E-state index contributed by atoms with van der Waals surface area (Å²) in [5, 5.41) is 0. The van der Waals surface area contributed by atoms with E-state index in [0.717, 1.165) is 5.52 Å². The van der Waals surface area contributed by atoms with Gasteiger partial charge in [0.15, 0.2) is 5.65 Å². The lowest BCUT2D eigenvalue weighted by Crippen LogP contribution is -2.12. The molecule has 0 spiro atoms. The molecule has 0 saturated carbocycles. The summed E-state index contributed by atoms with van der Waals surface area (Å²) in [7, 11) is 1.69. The third kappa shape index (κ3) is 0.756. The molecule has 0 atom stereocenters. The lowest BCUT2D eigenvalue weighted by molar-refractivity contribution is 0.879. The van der Waals surface area contributed by atoms with Gasteiger partial charge in [0.05, 0.1) is 5.52 Å². The topological polar surface area (TPSA) is 50.7 Å². The lowest BCUT2D eigenvalue weighted by atomic mass is 10.4. The second-order valence-corrected chi connectivity index (χ2v) is 2.36. The Labute approximate surface area is 62.5 Å². The molecule has 0 aliphatic heterocycles. The Morgan fingerprint density at radius 2 is 2.45 bits per heavy atom. The van der Waals surface area contributed by atoms with Crippen LogP contribution in [0.25, 0.3) is 11.2 Å². The number of aromatic amines is 1. The molecule has 0 aromatic carbocycles. The van der Waals surface area contributed by atoms with Gasteiger partial charge in [-0.05, 0) is 12.1 Å². The van der Waals surface area contributed by atoms with Crippen LogP contribution in [0.4, 0.5) is 0 Å². The number of aryl methyl sites for hydroxylation is 1. The highest BCUT2D eigenvalue weighted by Crippen LogP contribution is 2.02. The van der Waals surface area contributed by atoms with E-state index < -0.39 is 0 Å². The zero-order chi connectivity index (χ0) is 7.84. The summed E-state index contributed by atoms with van der Waals surface area (Å²) in [4.78, 5) is 17.7. The van der Waals surface area contributed by atoms with Crippen LogP contribution in [-0.2, 0) is 7.05 Å². The number of hydrogen-bond donors (Lipinski definition) is 1. The minimum atomic E-state index is -0.126. The molecule has 56 valence electrons. The number of hydrogen-bond acceptors (Lipinski definition) is 2. The Balaban J connectivity index is 3.04. The molecule has 2 rings (SSSR count). The summed E-state index contributed by atoms with van der Waals surface area (Å²) in [6.07, 6.45) is 1.66. The van der Waals surface area contributed by atoms with Crippen molar-refractivity contribution >= 4 is 11.2 Å². The van der Waals surface area contributed by atoms with E-state index in [4.69, 9.17) is 0 Å². The van der Waals surface area contributed by atoms with E-state index in [1.54, 1.807) is 19.3 Å². The smallest absolute Gasteiger partial charge is 0.304 e. The van der Waals surface area contributed by atoms with Crippen LogP contribution in [0.1, 0.15) is 0 Å². The fourth-order valence-electron chi connectivity index (χ4n) is 1.06. The average Bonchev–Trinajstić information content (AvgIpc) is 2.30. The second kappa shape index (κ2) is 1.95. The Kier molecular flexibility index (Phi) is 1.09. The lowest BCUT2D eigenvalue weighted by Gasteiger charge is -1.88. The highest BCUT2D eigenvalue weighted by molar-refractivity contribution is 5.69. The molecule has 4 heteroatoms. The number of fused-ring (bicyclic) bond motifs is 1. The minimum absolute atomic E-state index is 0.126. The molecule has 2 aromatic rings. The summed E-state index contributed by atoms with van der Waals surface area (Å²) in [6.45, 7) is 0. The van der Waals surface area contributed by atoms with Crippen molar-refractivity contribution in [3.63, 3.8) is 0 Å². The summed E-state index contributed by atoms with van der Waals surface area (Å²) >= 11 is 0. The standard InChI is InChI=1S/C7H7N3O/c1-10-6-5(9-7(10)11)3-2-4-8-6/h2-4H,1H3,(H,9,11). The number of rotatable bonds is 0. The van der Waals surface area contributed by atoms with Crippen molar-refractivity contribution in [3.8, 4) is 0 Å². The van der Waals surface area contributed by atoms with Crippen molar-refractivity contribution in [1.82, 2.24) is 14.5 Å². The number of pyridine rings is 1. The Morgan fingerprint density at radius 1 is 1.64 bits per heavy atom. The quantitative estimate of drug-likeness (QED) is 0.584. The molecule has 4 nitrogen and oxygen atoms in total. The predicted octanol–water partition coefficient (Wildman–Crippen LogP) is 0.262. The SMILES string of the molecule is Cn1c(=O)[nH]c2cccnc21. The third-order valence-electron chi connectivity index (χ3n) is 1.65. The number of nitrogens with zero attached hydrogens (tertiary/aromatic N) is 2. The first-order chi connectivity index (χ1) is 5.29. The summed E-state index contributed by atoms with van der Waals surface area (Å²) in [5.41, 5.74) is 1.34. The van der Waals surface area contributed by atoms with Crippen LogP contribution in [0.2, 0.25) is 0 Å². The molecular formula is C7H7N3O. The van der Waals surface area contributed by atoms with E-state index in [0.29, 0.717) is 5.65 Å². The fourth-order valence-corrected chi connectivity index (χ4v) is 1.06. The van der Waals surface area contributed by atoms with E-state index in [1.807, 2.05) is 6.07 Å². The predicted molar refractivity (Wildman–Crippen MR) is 41.3 cm³/mol. The van der Waals surface area contributed by atoms with E-state index in [1.165, 1.54) is 4.57 Å². The molecule has 0 bridgehead atoms. The number of imidazole rings is 1. The van der Waals surface area contributed by atoms with E-state index >= 15 is 0 Å². The van der Waals surface area contributed by atoms with Crippen LogP contribution < -0.4 is 5.69 Å². The van der Waals surface area contributed by atoms with Crippen LogP contribution in [-0.4, -0.2) is 14.5 Å². The van der Waals surface area contributed by atoms with Gasteiger partial charge in [0.2, 0.25) is 0 Å². The maximum absolute atomic E-state index is 11.0. The first-order valence-corrected chi connectivity index (χ1v) is 3.29. The molecule has 2 aromatic heterocycles. The van der Waals surface area contributed by atoms with E-state index in [9.17, 15) is 4.79 Å². The zero-order valence-electron chi connectivity index (χ0n) is 6.03. The zero-order valence-corrected chi connectivity index (χ0v) is 6.03. The van der Waals surface area contributed by atoms with Gasteiger partial charge < -0.3 is 4.98 Å². The van der Waals surface area contributed by atoms with Gasteiger partial charge in [0.1, 0.15) is 0 Å². The van der Waals surface area contributed by atoms with Gasteiger partial charge in [-0.1, -0.05) is 0 Å². The molecule has 0 aliphatic carbocycles. The molecule has 0 unspecified atom stereocenters. The first-order valence-electron chi connectivity index (χ1n) is 3.29. The molecule has 0 amide bonds. The van der Waals surface area contributed by atoms with E-state index in [2.05, 4.69) is 9.97 Å². The maximum Gasteiger partial charge on any atom is 0.327 e. The Bertz CT molecular complexity index is 440. The monoisotopic (exact) mass is 149 g/mol. The van der Waals surface area contributed by atoms with Crippen molar-refractivity contribution in [3.05, 3.63) is 28.8 Å². The van der Waals surface area contributed by atoms with Crippen molar-refractivity contribution in [2.75, 3.05) is 0 Å². The Morgan fingerprint density at radius 3 is 3.18 bits per heavy atom.